The molecule has 2 aliphatic heterocycles. The minimum Gasteiger partial charge on any atom is -0.377 e. The summed E-state index contributed by atoms with van der Waals surface area (Å²) in [5.41, 5.74) is -0.114. The number of carbonyl (C=O) groups is 2. The van der Waals surface area contributed by atoms with Crippen LogP contribution in [0, 0.1) is 5.92 Å². The number of piperidine rings is 1. The highest BCUT2D eigenvalue weighted by atomic mass is 16.2. The van der Waals surface area contributed by atoms with Gasteiger partial charge in [-0.25, -0.2) is 0 Å². The summed E-state index contributed by atoms with van der Waals surface area (Å²) < 4.78 is 0. The number of rotatable bonds is 1. The van der Waals surface area contributed by atoms with Crippen LogP contribution in [0.5, 0.6) is 0 Å². The number of likely N-dealkylation sites (tertiary alicyclic amines) is 1. The van der Waals surface area contributed by atoms with E-state index in [1.165, 1.54) is 0 Å². The van der Waals surface area contributed by atoms with Crippen LogP contribution in [0.3, 0.4) is 0 Å². The van der Waals surface area contributed by atoms with Gasteiger partial charge >= 0.3 is 0 Å². The number of hydrogen-bond donors (Lipinski definition) is 0. The summed E-state index contributed by atoms with van der Waals surface area (Å²) in [7, 11) is 0. The zero-order valence-corrected chi connectivity index (χ0v) is 12.1. The molecule has 2 aliphatic rings. The van der Waals surface area contributed by atoms with Crippen molar-refractivity contribution in [1.29, 1.82) is 0 Å². The SMILES string of the molecule is CC(=O)N1C(C)(C)CC(C2=N[C-]=NC2=O)CC1(C)C. The van der Waals surface area contributed by atoms with E-state index in [-0.39, 0.29) is 28.8 Å². The molecule has 2 heterocycles. The molecule has 2 amide bonds. The fourth-order valence-corrected chi connectivity index (χ4v) is 3.82. The number of hydrogen-bond acceptors (Lipinski definition) is 3. The molecule has 0 aromatic carbocycles. The van der Waals surface area contributed by atoms with Gasteiger partial charge in [0.15, 0.2) is 0 Å². The van der Waals surface area contributed by atoms with E-state index in [1.54, 1.807) is 6.92 Å². The van der Waals surface area contributed by atoms with Crippen molar-refractivity contribution in [2.75, 3.05) is 0 Å². The Balaban J connectivity index is 2.31. The van der Waals surface area contributed by atoms with Gasteiger partial charge in [-0.2, -0.15) is 0 Å². The third-order valence-electron chi connectivity index (χ3n) is 3.95. The molecule has 0 spiro atoms. The van der Waals surface area contributed by atoms with E-state index in [1.807, 2.05) is 32.6 Å². The third kappa shape index (κ3) is 2.33. The van der Waals surface area contributed by atoms with E-state index in [9.17, 15) is 9.59 Å². The molecule has 0 atom stereocenters. The maximum Gasteiger partial charge on any atom is 0.220 e. The minimum absolute atomic E-state index is 0.0341. The highest BCUT2D eigenvalue weighted by molar-refractivity contribution is 6.44. The van der Waals surface area contributed by atoms with Crippen LogP contribution in [0.25, 0.3) is 0 Å². The van der Waals surface area contributed by atoms with Crippen molar-refractivity contribution >= 4 is 23.9 Å². The molecule has 19 heavy (non-hydrogen) atoms. The lowest BCUT2D eigenvalue weighted by atomic mass is 9.71. The lowest BCUT2D eigenvalue weighted by Crippen LogP contribution is -2.63. The summed E-state index contributed by atoms with van der Waals surface area (Å²) in [5, 5.41) is 0. The van der Waals surface area contributed by atoms with Crippen molar-refractivity contribution in [1.82, 2.24) is 4.90 Å². The average molecular weight is 262 g/mol. The summed E-state index contributed by atoms with van der Waals surface area (Å²) in [6.45, 7) is 9.73. The summed E-state index contributed by atoms with van der Waals surface area (Å²) in [5.74, 6) is -0.185. The van der Waals surface area contributed by atoms with Crippen LogP contribution in [0.1, 0.15) is 47.5 Å². The first-order chi connectivity index (χ1) is 8.65. The molecule has 5 nitrogen and oxygen atoms in total. The van der Waals surface area contributed by atoms with Gasteiger partial charge in [0.05, 0.1) is 0 Å². The van der Waals surface area contributed by atoms with Gasteiger partial charge in [-0.15, -0.1) is 0 Å². The number of aliphatic imine (C=N–C) groups is 2. The van der Waals surface area contributed by atoms with E-state index in [0.717, 1.165) is 12.8 Å². The van der Waals surface area contributed by atoms with Crippen molar-refractivity contribution in [3.8, 4) is 0 Å². The topological polar surface area (TPSA) is 62.1 Å². The monoisotopic (exact) mass is 262 g/mol. The van der Waals surface area contributed by atoms with E-state index in [0.29, 0.717) is 5.71 Å². The van der Waals surface area contributed by atoms with Crippen molar-refractivity contribution in [3.05, 3.63) is 0 Å². The van der Waals surface area contributed by atoms with Crippen molar-refractivity contribution < 1.29 is 9.59 Å². The zero-order valence-electron chi connectivity index (χ0n) is 12.1. The fraction of sp³-hybridized carbons (Fsp3) is 0.714. The average Bonchev–Trinajstić information content (AvgIpc) is 2.59. The summed E-state index contributed by atoms with van der Waals surface area (Å²) in [6, 6.07) is 0. The molecule has 1 saturated heterocycles. The first-order valence-electron chi connectivity index (χ1n) is 6.54. The Labute approximate surface area is 113 Å². The second-order valence-corrected chi connectivity index (χ2v) is 6.60. The molecule has 2 rings (SSSR count). The number of amides is 2. The van der Waals surface area contributed by atoms with Gasteiger partial charge in [0, 0.05) is 24.3 Å². The largest absolute Gasteiger partial charge is 0.377 e. The van der Waals surface area contributed by atoms with Gasteiger partial charge in [0.25, 0.3) is 0 Å². The smallest absolute Gasteiger partial charge is 0.220 e. The van der Waals surface area contributed by atoms with Crippen molar-refractivity contribution in [2.24, 2.45) is 15.9 Å². The quantitative estimate of drug-likeness (QED) is 0.675. The third-order valence-corrected chi connectivity index (χ3v) is 3.95. The Morgan fingerprint density at radius 3 is 2.16 bits per heavy atom. The van der Waals surface area contributed by atoms with Crippen LogP contribution in [0.4, 0.5) is 0 Å². The molecule has 0 bridgehead atoms. The first kappa shape index (κ1) is 13.9. The Kier molecular flexibility index (Phi) is 3.11. The Hall–Kier alpha value is -1.52. The second-order valence-electron chi connectivity index (χ2n) is 6.60. The van der Waals surface area contributed by atoms with Crippen LogP contribution in [0.15, 0.2) is 9.98 Å². The Morgan fingerprint density at radius 1 is 1.26 bits per heavy atom. The lowest BCUT2D eigenvalue weighted by Gasteiger charge is -2.56. The van der Waals surface area contributed by atoms with Gasteiger partial charge in [-0.05, 0) is 52.2 Å². The molecular weight excluding hydrogens is 242 g/mol. The molecule has 0 saturated carbocycles. The van der Waals surface area contributed by atoms with Crippen LogP contribution in [0.2, 0.25) is 0 Å². The molecule has 104 valence electrons. The van der Waals surface area contributed by atoms with E-state index in [4.69, 9.17) is 0 Å². The van der Waals surface area contributed by atoms with E-state index >= 15 is 0 Å². The summed E-state index contributed by atoms with van der Waals surface area (Å²) in [4.78, 5) is 33.1. The molecule has 1 fully saturated rings. The molecule has 5 heteroatoms. The summed E-state index contributed by atoms with van der Waals surface area (Å²) >= 11 is 0. The molecular formula is C14H20N3O2-. The Bertz CT molecular complexity index is 471. The van der Waals surface area contributed by atoms with Crippen LogP contribution in [-0.2, 0) is 9.59 Å². The minimum atomic E-state index is -0.302. The van der Waals surface area contributed by atoms with Gasteiger partial charge < -0.3 is 19.7 Å². The maximum atomic E-state index is 11.9. The van der Waals surface area contributed by atoms with Gasteiger partial charge in [-0.1, -0.05) is 0 Å². The van der Waals surface area contributed by atoms with Gasteiger partial charge in [0.2, 0.25) is 5.91 Å². The molecule has 0 radical (unpaired) electrons. The highest BCUT2D eigenvalue weighted by Crippen LogP contribution is 2.42. The van der Waals surface area contributed by atoms with Gasteiger partial charge in [-0.3, -0.25) is 4.79 Å². The molecule has 0 N–H and O–H groups in total. The number of nitrogens with zero attached hydrogens (tertiary/aromatic N) is 3. The molecule has 0 aromatic rings. The molecule has 0 unspecified atom stereocenters. The van der Waals surface area contributed by atoms with Crippen LogP contribution in [-0.4, -0.2) is 39.8 Å². The second kappa shape index (κ2) is 4.25. The van der Waals surface area contributed by atoms with Gasteiger partial charge in [0.1, 0.15) is 5.91 Å². The fourth-order valence-electron chi connectivity index (χ4n) is 3.82. The normalized spacial score (nSPS) is 25.6. The van der Waals surface area contributed by atoms with E-state index in [2.05, 4.69) is 16.3 Å². The lowest BCUT2D eigenvalue weighted by molar-refractivity contribution is -0.147. The number of carbonyl (C=O) groups excluding carboxylic acids is 2. The molecule has 0 aliphatic carbocycles. The highest BCUT2D eigenvalue weighted by Gasteiger charge is 2.46. The maximum absolute atomic E-state index is 11.9. The first-order valence-corrected chi connectivity index (χ1v) is 6.54. The van der Waals surface area contributed by atoms with Crippen molar-refractivity contribution in [2.45, 2.75) is 58.5 Å². The zero-order chi connectivity index (χ0) is 14.4. The summed E-state index contributed by atoms with van der Waals surface area (Å²) in [6.07, 6.45) is 3.83. The van der Waals surface area contributed by atoms with E-state index < -0.39 is 0 Å². The Morgan fingerprint density at radius 2 is 1.79 bits per heavy atom. The standard InChI is InChI=1S/C14H20N3O2/c1-9(18)17-13(2,3)6-10(7-14(17,4)5)11-12(19)16-8-15-11/h10H,6-7H2,1-5H3/q-1. The van der Waals surface area contributed by atoms with Crippen LogP contribution < -0.4 is 0 Å². The van der Waals surface area contributed by atoms with Crippen LogP contribution >= 0.6 is 0 Å². The molecule has 0 aromatic heterocycles. The van der Waals surface area contributed by atoms with Crippen molar-refractivity contribution in [3.63, 3.8) is 0 Å². The predicted octanol–water partition coefficient (Wildman–Crippen LogP) is 1.69. The predicted molar refractivity (Wildman–Crippen MR) is 73.3 cm³/mol.